The van der Waals surface area contributed by atoms with E-state index in [-0.39, 0.29) is 0 Å². The molecule has 1 atom stereocenters. The van der Waals surface area contributed by atoms with Crippen LogP contribution in [0.1, 0.15) is 20.3 Å². The molecule has 0 aromatic rings. The van der Waals surface area contributed by atoms with E-state index in [1.165, 1.54) is 0 Å². The highest BCUT2D eigenvalue weighted by Gasteiger charge is 2.18. The van der Waals surface area contributed by atoms with Gasteiger partial charge >= 0.3 is 0 Å². The van der Waals surface area contributed by atoms with Crippen LogP contribution in [0.5, 0.6) is 0 Å². The van der Waals surface area contributed by atoms with E-state index < -0.39 is 11.9 Å². The average Bonchev–Trinajstić information content (AvgIpc) is 1.96. The Labute approximate surface area is 70.7 Å². The highest BCUT2D eigenvalue weighted by molar-refractivity contribution is 5.79. The second-order valence-electron chi connectivity index (χ2n) is 2.90. The Balaban J connectivity index is 4.04. The standard InChI is InChI=1S/C6H13N5O/c1-4(2)3-5(6(7)12)9-11-10-8/h4-5,9H,3H2,1-2H3,(H2,7,12)/t5-/m0/s1. The quantitative estimate of drug-likeness (QED) is 0.275. The van der Waals surface area contributed by atoms with Crippen molar-refractivity contribution in [2.75, 3.05) is 0 Å². The Bertz CT molecular complexity index is 196. The lowest BCUT2D eigenvalue weighted by atomic mass is 10.0. The van der Waals surface area contributed by atoms with E-state index in [0.717, 1.165) is 0 Å². The highest BCUT2D eigenvalue weighted by Crippen LogP contribution is 2.03. The lowest BCUT2D eigenvalue weighted by Gasteiger charge is -2.10. The van der Waals surface area contributed by atoms with Crippen molar-refractivity contribution in [3.8, 4) is 0 Å². The zero-order valence-electron chi connectivity index (χ0n) is 7.19. The molecule has 0 aliphatic carbocycles. The lowest BCUT2D eigenvalue weighted by molar-refractivity contribution is -0.120. The molecule has 0 saturated heterocycles. The number of hydrogen-bond acceptors (Lipinski definition) is 2. The molecule has 0 bridgehead atoms. The average molecular weight is 171 g/mol. The fourth-order valence-corrected chi connectivity index (χ4v) is 0.799. The van der Waals surface area contributed by atoms with Crippen LogP contribution in [0.4, 0.5) is 0 Å². The second-order valence-corrected chi connectivity index (χ2v) is 2.90. The van der Waals surface area contributed by atoms with Gasteiger partial charge < -0.3 is 5.73 Å². The van der Waals surface area contributed by atoms with Gasteiger partial charge in [-0.3, -0.25) is 4.79 Å². The van der Waals surface area contributed by atoms with Crippen LogP contribution in [-0.4, -0.2) is 11.9 Å². The predicted octanol–water partition coefficient (Wildman–Crippen LogP) is 0.701. The van der Waals surface area contributed by atoms with Crippen LogP contribution in [0.2, 0.25) is 0 Å². The minimum absolute atomic E-state index is 0.323. The van der Waals surface area contributed by atoms with Crippen LogP contribution >= 0.6 is 0 Å². The number of carbonyl (C=O) groups excluding carboxylic acids is 1. The summed E-state index contributed by atoms with van der Waals surface area (Å²) in [6, 6.07) is -0.569. The molecule has 0 aromatic heterocycles. The molecule has 0 aromatic carbocycles. The summed E-state index contributed by atoms with van der Waals surface area (Å²) in [6.07, 6.45) is 0.564. The predicted molar refractivity (Wildman–Crippen MR) is 44.7 cm³/mol. The molecule has 0 fully saturated rings. The maximum atomic E-state index is 10.7. The number of rotatable bonds is 5. The number of carbonyl (C=O) groups is 1. The lowest BCUT2D eigenvalue weighted by Crippen LogP contribution is -2.39. The van der Waals surface area contributed by atoms with Crippen molar-refractivity contribution in [1.82, 2.24) is 5.43 Å². The molecule has 6 heteroatoms. The maximum Gasteiger partial charge on any atom is 0.262 e. The van der Waals surface area contributed by atoms with E-state index in [0.29, 0.717) is 12.3 Å². The number of hydrogen-bond donors (Lipinski definition) is 2. The van der Waals surface area contributed by atoms with Crippen molar-refractivity contribution in [3.63, 3.8) is 0 Å². The summed E-state index contributed by atoms with van der Waals surface area (Å²) >= 11 is 0. The molecule has 0 aliphatic heterocycles. The third kappa shape index (κ3) is 4.40. The molecular formula is C6H13N5O. The molecule has 0 unspecified atom stereocenters. The van der Waals surface area contributed by atoms with Gasteiger partial charge in [-0.05, 0) is 17.6 Å². The minimum Gasteiger partial charge on any atom is -0.366 e. The first-order valence-corrected chi connectivity index (χ1v) is 3.66. The number of primary amides is 1. The van der Waals surface area contributed by atoms with Crippen LogP contribution < -0.4 is 11.2 Å². The first kappa shape index (κ1) is 10.6. The molecular weight excluding hydrogens is 158 g/mol. The molecule has 68 valence electrons. The van der Waals surface area contributed by atoms with E-state index in [1.54, 1.807) is 0 Å². The summed E-state index contributed by atoms with van der Waals surface area (Å²) in [4.78, 5) is 13.2. The Kier molecular flexibility index (Phi) is 4.64. The number of nitrogens with one attached hydrogen (secondary N) is 1. The summed E-state index contributed by atoms with van der Waals surface area (Å²) in [5, 5.41) is 3.08. The first-order valence-electron chi connectivity index (χ1n) is 3.66. The van der Waals surface area contributed by atoms with E-state index in [4.69, 9.17) is 11.3 Å². The van der Waals surface area contributed by atoms with Gasteiger partial charge in [-0.15, -0.1) is 5.53 Å². The fourth-order valence-electron chi connectivity index (χ4n) is 0.799. The van der Waals surface area contributed by atoms with Gasteiger partial charge in [0.15, 0.2) is 6.04 Å². The van der Waals surface area contributed by atoms with Crippen molar-refractivity contribution in [3.05, 3.63) is 10.4 Å². The number of azide groups is 1. The molecule has 0 saturated carbocycles. The third-order valence-corrected chi connectivity index (χ3v) is 1.31. The molecule has 0 heterocycles. The molecule has 3 N–H and O–H groups in total. The highest BCUT2D eigenvalue weighted by atomic mass is 16.1. The topological polar surface area (TPSA) is 104 Å². The number of nitrogens with zero attached hydrogens (tertiary/aromatic N) is 3. The summed E-state index contributed by atoms with van der Waals surface area (Å²) < 4.78 is 0. The van der Waals surface area contributed by atoms with Crippen LogP contribution in [0.25, 0.3) is 10.4 Å². The molecule has 12 heavy (non-hydrogen) atoms. The van der Waals surface area contributed by atoms with E-state index in [2.05, 4.69) is 15.6 Å². The largest absolute Gasteiger partial charge is 0.366 e. The van der Waals surface area contributed by atoms with E-state index in [9.17, 15) is 4.79 Å². The van der Waals surface area contributed by atoms with Gasteiger partial charge in [0.1, 0.15) is 0 Å². The second kappa shape index (κ2) is 5.26. The molecule has 0 aliphatic rings. The zero-order valence-corrected chi connectivity index (χ0v) is 7.19. The molecule has 1 amide bonds. The number of nitrogens with two attached hydrogens (primary N) is 1. The monoisotopic (exact) mass is 171 g/mol. The molecule has 0 radical (unpaired) electrons. The van der Waals surface area contributed by atoms with Gasteiger partial charge in [0.05, 0.1) is 0 Å². The van der Waals surface area contributed by atoms with E-state index in [1.807, 2.05) is 13.8 Å². The normalized spacial score (nSPS) is 11.9. The van der Waals surface area contributed by atoms with Crippen molar-refractivity contribution in [1.29, 1.82) is 0 Å². The maximum absolute atomic E-state index is 10.7. The van der Waals surface area contributed by atoms with Gasteiger partial charge in [0.2, 0.25) is 0 Å². The van der Waals surface area contributed by atoms with Crippen molar-refractivity contribution in [2.24, 2.45) is 16.9 Å². The fraction of sp³-hybridized carbons (Fsp3) is 0.833. The first-order chi connectivity index (χ1) is 5.57. The Morgan fingerprint density at radius 3 is 2.67 bits per heavy atom. The third-order valence-electron chi connectivity index (χ3n) is 1.31. The Morgan fingerprint density at radius 2 is 2.33 bits per heavy atom. The van der Waals surface area contributed by atoms with Crippen LogP contribution in [0.15, 0.2) is 5.22 Å². The Hall–Kier alpha value is -1.42. The van der Waals surface area contributed by atoms with Crippen LogP contribution in [-0.2, 0) is 4.79 Å². The molecule has 6 nitrogen and oxygen atoms in total. The summed E-state index contributed by atoms with van der Waals surface area (Å²) in [5.74, 6) is -0.181. The van der Waals surface area contributed by atoms with Gasteiger partial charge in [-0.1, -0.05) is 13.8 Å². The smallest absolute Gasteiger partial charge is 0.262 e. The van der Waals surface area contributed by atoms with E-state index >= 15 is 0 Å². The van der Waals surface area contributed by atoms with Gasteiger partial charge in [-0.2, -0.15) is 4.91 Å². The van der Waals surface area contributed by atoms with Crippen molar-refractivity contribution >= 4 is 5.91 Å². The van der Waals surface area contributed by atoms with Crippen LogP contribution in [0, 0.1) is 5.92 Å². The summed E-state index contributed by atoms with van der Waals surface area (Å²) in [6.45, 7) is 3.90. The van der Waals surface area contributed by atoms with Crippen molar-refractivity contribution < 1.29 is 4.79 Å². The van der Waals surface area contributed by atoms with Gasteiger partial charge in [-0.25, -0.2) is 5.43 Å². The summed E-state index contributed by atoms with van der Waals surface area (Å²) in [5.41, 5.74) is 15.3. The zero-order chi connectivity index (χ0) is 9.56. The number of amides is 1. The SMILES string of the molecule is CC(C)C[C@H](NN=[N+]=[N-])C(N)=O. The molecule has 0 spiro atoms. The van der Waals surface area contributed by atoms with Gasteiger partial charge in [0, 0.05) is 0 Å². The minimum atomic E-state index is -0.569. The molecule has 0 rings (SSSR count). The summed E-state index contributed by atoms with van der Waals surface area (Å²) in [7, 11) is 0. The Morgan fingerprint density at radius 1 is 1.75 bits per heavy atom. The van der Waals surface area contributed by atoms with Crippen molar-refractivity contribution in [2.45, 2.75) is 26.3 Å². The van der Waals surface area contributed by atoms with Gasteiger partial charge in [0.25, 0.3) is 5.91 Å². The van der Waals surface area contributed by atoms with Crippen LogP contribution in [0.3, 0.4) is 0 Å².